The van der Waals surface area contributed by atoms with Crippen molar-refractivity contribution in [3.8, 4) is 0 Å². The van der Waals surface area contributed by atoms with Gasteiger partial charge in [-0.25, -0.2) is 0 Å². The molecular formula is C19H23Cl3O. The normalized spacial score (nSPS) is 11.6. The molecule has 4 heteroatoms. The van der Waals surface area contributed by atoms with E-state index in [1.807, 2.05) is 51.1 Å². The molecule has 0 amide bonds. The lowest BCUT2D eigenvalue weighted by Crippen LogP contribution is -2.04. The van der Waals surface area contributed by atoms with Crippen molar-refractivity contribution in [1.82, 2.24) is 0 Å². The van der Waals surface area contributed by atoms with Crippen molar-refractivity contribution in [2.24, 2.45) is 0 Å². The van der Waals surface area contributed by atoms with Crippen LogP contribution in [0.15, 0.2) is 36.4 Å². The summed E-state index contributed by atoms with van der Waals surface area (Å²) in [6.45, 7) is 8.53. The molecule has 0 radical (unpaired) electrons. The van der Waals surface area contributed by atoms with Gasteiger partial charge in [-0.15, -0.1) is 0 Å². The van der Waals surface area contributed by atoms with Gasteiger partial charge in [0.15, 0.2) is 0 Å². The largest absolute Gasteiger partial charge is 0.369 e. The Morgan fingerprint density at radius 1 is 0.957 bits per heavy atom. The third-order valence-corrected chi connectivity index (χ3v) is 4.24. The Labute approximate surface area is 154 Å². The Kier molecular flexibility index (Phi) is 9.01. The molecule has 0 saturated carbocycles. The van der Waals surface area contributed by atoms with Gasteiger partial charge in [0.1, 0.15) is 0 Å². The van der Waals surface area contributed by atoms with Gasteiger partial charge in [-0.05, 0) is 48.2 Å². The summed E-state index contributed by atoms with van der Waals surface area (Å²) in [5, 5.41) is 1.98. The fourth-order valence-electron chi connectivity index (χ4n) is 2.15. The van der Waals surface area contributed by atoms with Gasteiger partial charge in [0.25, 0.3) is 0 Å². The molecule has 0 heterocycles. The second-order valence-corrected chi connectivity index (χ2v) is 6.22. The molecule has 1 atom stereocenters. The molecule has 0 saturated heterocycles. The number of rotatable bonds is 5. The van der Waals surface area contributed by atoms with E-state index in [1.54, 1.807) is 6.07 Å². The number of ether oxygens (including phenoxy) is 1. The predicted octanol–water partition coefficient (Wildman–Crippen LogP) is 7.65. The molecule has 2 rings (SSSR count). The van der Waals surface area contributed by atoms with Crippen molar-refractivity contribution < 1.29 is 4.74 Å². The van der Waals surface area contributed by atoms with E-state index >= 15 is 0 Å². The first-order valence-corrected chi connectivity index (χ1v) is 8.96. The quantitative estimate of drug-likeness (QED) is 0.523. The lowest BCUT2D eigenvalue weighted by atomic mass is 10.1. The third-order valence-electron chi connectivity index (χ3n) is 3.33. The monoisotopic (exact) mass is 372 g/mol. The van der Waals surface area contributed by atoms with Gasteiger partial charge in [-0.1, -0.05) is 73.8 Å². The molecule has 0 N–H and O–H groups in total. The van der Waals surface area contributed by atoms with Gasteiger partial charge in [-0.2, -0.15) is 0 Å². The summed E-state index contributed by atoms with van der Waals surface area (Å²) in [6.07, 6.45) is 0.748. The Balaban J connectivity index is 0.00000127. The topological polar surface area (TPSA) is 9.23 Å². The molecule has 0 aliphatic carbocycles. The Hall–Kier alpha value is -0.730. The Morgan fingerprint density at radius 3 is 2.22 bits per heavy atom. The molecule has 126 valence electrons. The van der Waals surface area contributed by atoms with Gasteiger partial charge >= 0.3 is 0 Å². The lowest BCUT2D eigenvalue weighted by molar-refractivity contribution is 0.0373. The van der Waals surface area contributed by atoms with Gasteiger partial charge in [-0.3, -0.25) is 0 Å². The highest BCUT2D eigenvalue weighted by Gasteiger charge is 2.14. The molecule has 2 aromatic carbocycles. The van der Waals surface area contributed by atoms with E-state index in [9.17, 15) is 0 Å². The maximum Gasteiger partial charge on any atom is 0.0841 e. The zero-order valence-electron chi connectivity index (χ0n) is 14.0. The van der Waals surface area contributed by atoms with Crippen molar-refractivity contribution in [3.05, 3.63) is 68.2 Å². The minimum Gasteiger partial charge on any atom is -0.369 e. The fraction of sp³-hybridized carbons (Fsp3) is 0.368. The first-order chi connectivity index (χ1) is 11.0. The molecule has 0 fully saturated rings. The maximum atomic E-state index is 6.25. The SMILES string of the molecule is CC.CCC(OCc1ccc(C)cc1Cl)c1ccc(Cl)cc1Cl. The Morgan fingerprint density at radius 2 is 1.65 bits per heavy atom. The van der Waals surface area contributed by atoms with Crippen LogP contribution in [0.2, 0.25) is 15.1 Å². The van der Waals surface area contributed by atoms with Crippen LogP contribution in [0.5, 0.6) is 0 Å². The molecule has 0 aromatic heterocycles. The molecule has 0 bridgehead atoms. The molecule has 23 heavy (non-hydrogen) atoms. The molecule has 0 aliphatic heterocycles. The molecule has 1 unspecified atom stereocenters. The van der Waals surface area contributed by atoms with Crippen molar-refractivity contribution in [1.29, 1.82) is 0 Å². The van der Waals surface area contributed by atoms with Gasteiger partial charge < -0.3 is 4.74 Å². The van der Waals surface area contributed by atoms with Crippen LogP contribution in [-0.4, -0.2) is 0 Å². The van der Waals surface area contributed by atoms with E-state index in [4.69, 9.17) is 39.5 Å². The lowest BCUT2D eigenvalue weighted by Gasteiger charge is -2.18. The summed E-state index contributed by atoms with van der Waals surface area (Å²) in [6, 6.07) is 11.4. The second kappa shape index (κ2) is 10.2. The number of aryl methyl sites for hydroxylation is 1. The number of benzene rings is 2. The van der Waals surface area contributed by atoms with Crippen LogP contribution < -0.4 is 0 Å². The summed E-state index contributed by atoms with van der Waals surface area (Å²) in [4.78, 5) is 0. The summed E-state index contributed by atoms with van der Waals surface area (Å²) in [5.74, 6) is 0. The van der Waals surface area contributed by atoms with Crippen molar-refractivity contribution in [3.63, 3.8) is 0 Å². The summed E-state index contributed by atoms with van der Waals surface area (Å²) in [5.41, 5.74) is 3.06. The zero-order valence-corrected chi connectivity index (χ0v) is 16.3. The zero-order chi connectivity index (χ0) is 17.4. The first kappa shape index (κ1) is 20.3. The minimum atomic E-state index is -0.0767. The van der Waals surface area contributed by atoms with Crippen LogP contribution in [0, 0.1) is 6.92 Å². The molecule has 2 aromatic rings. The highest BCUT2D eigenvalue weighted by atomic mass is 35.5. The van der Waals surface area contributed by atoms with Gasteiger partial charge in [0.05, 0.1) is 12.7 Å². The van der Waals surface area contributed by atoms with Crippen LogP contribution in [0.25, 0.3) is 0 Å². The van der Waals surface area contributed by atoms with Crippen LogP contribution in [0.4, 0.5) is 0 Å². The molecule has 0 spiro atoms. The van der Waals surface area contributed by atoms with E-state index in [2.05, 4.69) is 6.92 Å². The maximum absolute atomic E-state index is 6.25. The van der Waals surface area contributed by atoms with Crippen LogP contribution >= 0.6 is 34.8 Å². The molecular weight excluding hydrogens is 351 g/mol. The van der Waals surface area contributed by atoms with Crippen LogP contribution in [0.1, 0.15) is 50.0 Å². The third kappa shape index (κ3) is 6.00. The predicted molar refractivity (Wildman–Crippen MR) is 102 cm³/mol. The number of hydrogen-bond acceptors (Lipinski definition) is 1. The van der Waals surface area contributed by atoms with Crippen LogP contribution in [0.3, 0.4) is 0 Å². The Bertz CT molecular complexity index is 626. The summed E-state index contributed by atoms with van der Waals surface area (Å²) < 4.78 is 5.99. The molecule has 0 aliphatic rings. The van der Waals surface area contributed by atoms with Gasteiger partial charge in [0, 0.05) is 15.1 Å². The van der Waals surface area contributed by atoms with E-state index in [-0.39, 0.29) is 6.10 Å². The van der Waals surface area contributed by atoms with E-state index < -0.39 is 0 Å². The average molecular weight is 374 g/mol. The van der Waals surface area contributed by atoms with Crippen molar-refractivity contribution >= 4 is 34.8 Å². The number of hydrogen-bond donors (Lipinski definition) is 0. The smallest absolute Gasteiger partial charge is 0.0841 e. The fourth-order valence-corrected chi connectivity index (χ4v) is 2.97. The molecule has 1 nitrogen and oxygen atoms in total. The second-order valence-electron chi connectivity index (χ2n) is 4.97. The minimum absolute atomic E-state index is 0.0767. The van der Waals surface area contributed by atoms with E-state index in [0.29, 0.717) is 16.7 Å². The van der Waals surface area contributed by atoms with Gasteiger partial charge in [0.2, 0.25) is 0 Å². The van der Waals surface area contributed by atoms with E-state index in [0.717, 1.165) is 28.1 Å². The standard InChI is InChI=1S/C17H17Cl3O.C2H6/c1-3-17(14-7-6-13(18)9-16(14)20)21-10-12-5-4-11(2)8-15(12)19;1-2/h4-9,17H,3,10H2,1-2H3;1-2H3. The average Bonchev–Trinajstić information content (AvgIpc) is 2.53. The summed E-state index contributed by atoms with van der Waals surface area (Å²) in [7, 11) is 0. The highest BCUT2D eigenvalue weighted by Crippen LogP contribution is 2.31. The van der Waals surface area contributed by atoms with E-state index in [1.165, 1.54) is 0 Å². The van der Waals surface area contributed by atoms with Crippen molar-refractivity contribution in [2.75, 3.05) is 0 Å². The summed E-state index contributed by atoms with van der Waals surface area (Å²) >= 11 is 18.4. The van der Waals surface area contributed by atoms with Crippen LogP contribution in [-0.2, 0) is 11.3 Å². The highest BCUT2D eigenvalue weighted by molar-refractivity contribution is 6.35. The van der Waals surface area contributed by atoms with Crippen molar-refractivity contribution in [2.45, 2.75) is 46.8 Å². The number of halogens is 3. The first-order valence-electron chi connectivity index (χ1n) is 7.82.